The highest BCUT2D eigenvalue weighted by Crippen LogP contribution is 2.27. The Balaban J connectivity index is 2.00. The number of benzene rings is 1. The van der Waals surface area contributed by atoms with Crippen LogP contribution in [0.2, 0.25) is 0 Å². The summed E-state index contributed by atoms with van der Waals surface area (Å²) in [6, 6.07) is 7.71. The highest BCUT2D eigenvalue weighted by Gasteiger charge is 2.28. The lowest BCUT2D eigenvalue weighted by Crippen LogP contribution is -2.38. The molecular formula is C16H21NO4. The molecule has 0 spiro atoms. The third kappa shape index (κ3) is 3.82. The molecule has 1 aliphatic rings. The van der Waals surface area contributed by atoms with E-state index in [9.17, 15) is 9.59 Å². The van der Waals surface area contributed by atoms with Crippen molar-refractivity contribution in [1.82, 2.24) is 5.32 Å². The molecule has 2 N–H and O–H groups in total. The molecule has 21 heavy (non-hydrogen) atoms. The number of aliphatic carboxylic acids is 1. The fraction of sp³-hybridized carbons (Fsp3) is 0.500. The van der Waals surface area contributed by atoms with E-state index in [-0.39, 0.29) is 12.5 Å². The molecule has 5 heteroatoms. The zero-order valence-corrected chi connectivity index (χ0v) is 12.2. The van der Waals surface area contributed by atoms with Crippen LogP contribution in [0, 0.1) is 5.92 Å². The summed E-state index contributed by atoms with van der Waals surface area (Å²) >= 11 is 0. The SMILES string of the molecule is CCCC(CNC(=O)C1OCCc2ccccc21)C(=O)O. The molecule has 1 aromatic rings. The van der Waals surface area contributed by atoms with Gasteiger partial charge in [-0.3, -0.25) is 9.59 Å². The van der Waals surface area contributed by atoms with E-state index in [1.165, 1.54) is 0 Å². The maximum atomic E-state index is 12.3. The molecule has 0 saturated heterocycles. The molecule has 114 valence electrons. The number of carbonyl (C=O) groups is 2. The summed E-state index contributed by atoms with van der Waals surface area (Å²) < 4.78 is 5.56. The number of carbonyl (C=O) groups excluding carboxylic acids is 1. The van der Waals surface area contributed by atoms with Crippen molar-refractivity contribution in [2.24, 2.45) is 5.92 Å². The van der Waals surface area contributed by atoms with Crippen molar-refractivity contribution < 1.29 is 19.4 Å². The van der Waals surface area contributed by atoms with Crippen LogP contribution < -0.4 is 5.32 Å². The largest absolute Gasteiger partial charge is 0.481 e. The molecule has 0 aromatic heterocycles. The minimum atomic E-state index is -0.873. The zero-order valence-electron chi connectivity index (χ0n) is 12.2. The van der Waals surface area contributed by atoms with Crippen molar-refractivity contribution in [2.45, 2.75) is 32.3 Å². The number of nitrogens with one attached hydrogen (secondary N) is 1. The lowest BCUT2D eigenvalue weighted by Gasteiger charge is -2.25. The summed E-state index contributed by atoms with van der Waals surface area (Å²) in [4.78, 5) is 23.4. The lowest BCUT2D eigenvalue weighted by molar-refractivity contribution is -0.142. The van der Waals surface area contributed by atoms with Crippen LogP contribution in [0.15, 0.2) is 24.3 Å². The Hall–Kier alpha value is -1.88. The van der Waals surface area contributed by atoms with Gasteiger partial charge in [-0.05, 0) is 24.0 Å². The van der Waals surface area contributed by atoms with Gasteiger partial charge in [0.2, 0.25) is 0 Å². The van der Waals surface area contributed by atoms with Crippen LogP contribution in [0.1, 0.15) is 37.0 Å². The van der Waals surface area contributed by atoms with Gasteiger partial charge in [0.05, 0.1) is 12.5 Å². The summed E-state index contributed by atoms with van der Waals surface area (Å²) in [6.07, 6.45) is 1.49. The fourth-order valence-electron chi connectivity index (χ4n) is 2.59. The molecule has 2 rings (SSSR count). The van der Waals surface area contributed by atoms with Crippen LogP contribution in [-0.4, -0.2) is 30.1 Å². The van der Waals surface area contributed by atoms with Crippen LogP contribution >= 0.6 is 0 Å². The second-order valence-corrected chi connectivity index (χ2v) is 5.27. The summed E-state index contributed by atoms with van der Waals surface area (Å²) in [5.41, 5.74) is 2.00. The van der Waals surface area contributed by atoms with Gasteiger partial charge in [0.15, 0.2) is 6.10 Å². The van der Waals surface area contributed by atoms with Crippen LogP contribution in [0.5, 0.6) is 0 Å². The number of rotatable bonds is 6. The van der Waals surface area contributed by atoms with E-state index in [0.717, 1.165) is 24.0 Å². The molecule has 1 heterocycles. The number of amides is 1. The van der Waals surface area contributed by atoms with E-state index in [2.05, 4.69) is 5.32 Å². The van der Waals surface area contributed by atoms with Gasteiger partial charge in [-0.2, -0.15) is 0 Å². The third-order valence-electron chi connectivity index (χ3n) is 3.74. The van der Waals surface area contributed by atoms with E-state index >= 15 is 0 Å². The van der Waals surface area contributed by atoms with Crippen molar-refractivity contribution >= 4 is 11.9 Å². The first-order chi connectivity index (χ1) is 10.1. The van der Waals surface area contributed by atoms with Crippen molar-refractivity contribution in [1.29, 1.82) is 0 Å². The normalized spacial score (nSPS) is 18.6. The molecule has 2 atom stereocenters. The maximum absolute atomic E-state index is 12.3. The van der Waals surface area contributed by atoms with Crippen molar-refractivity contribution in [3.05, 3.63) is 35.4 Å². The number of ether oxygens (including phenoxy) is 1. The van der Waals surface area contributed by atoms with Gasteiger partial charge in [-0.1, -0.05) is 37.6 Å². The average molecular weight is 291 g/mol. The first-order valence-corrected chi connectivity index (χ1v) is 7.33. The molecule has 1 amide bonds. The summed E-state index contributed by atoms with van der Waals surface area (Å²) in [5, 5.41) is 11.8. The molecular weight excluding hydrogens is 270 g/mol. The highest BCUT2D eigenvalue weighted by molar-refractivity contribution is 5.83. The van der Waals surface area contributed by atoms with Gasteiger partial charge in [0, 0.05) is 6.54 Å². The van der Waals surface area contributed by atoms with E-state index in [1.54, 1.807) is 0 Å². The van der Waals surface area contributed by atoms with Gasteiger partial charge in [-0.25, -0.2) is 0 Å². The molecule has 0 fully saturated rings. The summed E-state index contributed by atoms with van der Waals surface area (Å²) in [7, 11) is 0. The Labute approximate surface area is 124 Å². The van der Waals surface area contributed by atoms with Gasteiger partial charge in [-0.15, -0.1) is 0 Å². The molecule has 5 nitrogen and oxygen atoms in total. The predicted molar refractivity (Wildman–Crippen MR) is 77.9 cm³/mol. The number of fused-ring (bicyclic) bond motifs is 1. The topological polar surface area (TPSA) is 75.6 Å². The maximum Gasteiger partial charge on any atom is 0.308 e. The fourth-order valence-corrected chi connectivity index (χ4v) is 2.59. The molecule has 2 unspecified atom stereocenters. The van der Waals surface area contributed by atoms with E-state index in [0.29, 0.717) is 13.0 Å². The molecule has 0 bridgehead atoms. The number of carboxylic acid groups (broad SMARTS) is 1. The van der Waals surface area contributed by atoms with Gasteiger partial charge in [0.1, 0.15) is 0 Å². The van der Waals surface area contributed by atoms with Crippen molar-refractivity contribution in [3.8, 4) is 0 Å². The second kappa shape index (κ2) is 7.22. The van der Waals surface area contributed by atoms with Crippen LogP contribution in [0.25, 0.3) is 0 Å². The van der Waals surface area contributed by atoms with Crippen LogP contribution in [0.4, 0.5) is 0 Å². The van der Waals surface area contributed by atoms with Crippen molar-refractivity contribution in [3.63, 3.8) is 0 Å². The number of carboxylic acids is 1. The van der Waals surface area contributed by atoms with Crippen molar-refractivity contribution in [2.75, 3.05) is 13.2 Å². The highest BCUT2D eigenvalue weighted by atomic mass is 16.5. The number of hydrogen-bond donors (Lipinski definition) is 2. The van der Waals surface area contributed by atoms with Crippen LogP contribution in [-0.2, 0) is 20.7 Å². The van der Waals surface area contributed by atoms with Gasteiger partial charge >= 0.3 is 5.97 Å². The Morgan fingerprint density at radius 2 is 2.19 bits per heavy atom. The lowest BCUT2D eigenvalue weighted by atomic mass is 9.97. The quantitative estimate of drug-likeness (QED) is 0.839. The standard InChI is InChI=1S/C16H21NO4/c1-2-5-12(16(19)20)10-17-15(18)14-13-7-4-3-6-11(13)8-9-21-14/h3-4,6-7,12,14H,2,5,8-10H2,1H3,(H,17,18)(H,19,20). The van der Waals surface area contributed by atoms with E-state index < -0.39 is 18.0 Å². The molecule has 0 aliphatic carbocycles. The summed E-state index contributed by atoms with van der Waals surface area (Å²) in [6.45, 7) is 2.58. The van der Waals surface area contributed by atoms with Crippen LogP contribution in [0.3, 0.4) is 0 Å². The smallest absolute Gasteiger partial charge is 0.308 e. The Morgan fingerprint density at radius 3 is 2.90 bits per heavy atom. The third-order valence-corrected chi connectivity index (χ3v) is 3.74. The zero-order chi connectivity index (χ0) is 15.2. The average Bonchev–Trinajstić information content (AvgIpc) is 2.50. The first kappa shape index (κ1) is 15.5. The minimum Gasteiger partial charge on any atom is -0.481 e. The number of hydrogen-bond acceptors (Lipinski definition) is 3. The Bertz CT molecular complexity index is 515. The van der Waals surface area contributed by atoms with Gasteiger partial charge < -0.3 is 15.2 Å². The first-order valence-electron chi connectivity index (χ1n) is 7.33. The predicted octanol–water partition coefficient (Wildman–Crippen LogP) is 1.92. The van der Waals surface area contributed by atoms with E-state index in [1.807, 2.05) is 31.2 Å². The Morgan fingerprint density at radius 1 is 1.43 bits per heavy atom. The van der Waals surface area contributed by atoms with E-state index in [4.69, 9.17) is 9.84 Å². The molecule has 0 radical (unpaired) electrons. The minimum absolute atomic E-state index is 0.143. The molecule has 0 saturated carbocycles. The van der Waals surface area contributed by atoms with Gasteiger partial charge in [0.25, 0.3) is 5.91 Å². The monoisotopic (exact) mass is 291 g/mol. The Kier molecular flexibility index (Phi) is 5.33. The molecule has 1 aliphatic heterocycles. The molecule has 1 aromatic carbocycles. The summed E-state index contributed by atoms with van der Waals surface area (Å²) in [5.74, 6) is -1.68. The second-order valence-electron chi connectivity index (χ2n) is 5.27.